The van der Waals surface area contributed by atoms with Gasteiger partial charge in [-0.15, -0.1) is 0 Å². The zero-order chi connectivity index (χ0) is 57.1. The van der Waals surface area contributed by atoms with Crippen LogP contribution in [-0.4, -0.2) is 178 Å². The van der Waals surface area contributed by atoms with Gasteiger partial charge in [-0.25, -0.2) is 4.98 Å². The number of ether oxygens (including phenoxy) is 9. The van der Waals surface area contributed by atoms with Gasteiger partial charge in [-0.05, 0) is 93.8 Å². The van der Waals surface area contributed by atoms with Crippen LogP contribution < -0.4 is 14.5 Å². The van der Waals surface area contributed by atoms with Crippen molar-refractivity contribution in [2.24, 2.45) is 0 Å². The molecule has 4 saturated heterocycles. The van der Waals surface area contributed by atoms with Crippen molar-refractivity contribution in [2.45, 2.75) is 77.8 Å². The molecule has 432 valence electrons. The molecular weight excluding hydrogens is 1050 g/mol. The molecule has 6 heterocycles. The summed E-state index contributed by atoms with van der Waals surface area (Å²) >= 11 is 0. The highest BCUT2D eigenvalue weighted by Crippen LogP contribution is 2.43. The van der Waals surface area contributed by atoms with E-state index in [2.05, 4.69) is 153 Å². The van der Waals surface area contributed by atoms with E-state index in [4.69, 9.17) is 47.6 Å². The van der Waals surface area contributed by atoms with Crippen LogP contribution in [0.25, 0.3) is 61.4 Å². The maximum Gasteiger partial charge on any atom is 0.303 e. The molecule has 0 amide bonds. The van der Waals surface area contributed by atoms with Crippen molar-refractivity contribution in [1.82, 2.24) is 23.9 Å². The van der Waals surface area contributed by atoms with E-state index in [1.807, 2.05) is 12.1 Å². The van der Waals surface area contributed by atoms with Gasteiger partial charge >= 0.3 is 17.9 Å². The topological polar surface area (TPSA) is 170 Å². The van der Waals surface area contributed by atoms with Gasteiger partial charge in [0, 0.05) is 142 Å². The summed E-state index contributed by atoms with van der Waals surface area (Å²) in [4.78, 5) is 51.4. The Kier molecular flexibility index (Phi) is 17.0. The maximum absolute atomic E-state index is 12.2. The number of esters is 3. The number of aromatic nitrogens is 3. The van der Waals surface area contributed by atoms with Gasteiger partial charge in [0.25, 0.3) is 5.97 Å². The Morgan fingerprint density at radius 1 is 0.622 bits per heavy atom. The second-order valence-electron chi connectivity index (χ2n) is 21.5. The van der Waals surface area contributed by atoms with Crippen molar-refractivity contribution in [2.75, 3.05) is 109 Å². The Labute approximate surface area is 478 Å². The molecule has 1 unspecified atom stereocenters. The average molecular weight is 1120 g/mol. The van der Waals surface area contributed by atoms with Crippen LogP contribution in [0.3, 0.4) is 0 Å². The van der Waals surface area contributed by atoms with E-state index in [9.17, 15) is 14.4 Å². The van der Waals surface area contributed by atoms with Crippen LogP contribution in [-0.2, 0) is 58.8 Å². The quantitative estimate of drug-likeness (QED) is 0.0431. The second kappa shape index (κ2) is 24.6. The second-order valence-corrected chi connectivity index (χ2v) is 21.5. The fourth-order valence-corrected chi connectivity index (χ4v) is 11.6. The highest BCUT2D eigenvalue weighted by molar-refractivity contribution is 6.09. The lowest BCUT2D eigenvalue weighted by atomic mass is 9.98. The SMILES string of the molecule is CCn1c2ccccc2c2cc(-c3nc(-c4ccc(N5CCN(C)CC5)cc4)c(-c4ccc(N5CCN(C)CC5)cc4)n3-c3ccc(OCCOCCOC4(C)O[C@H]5O[C@H](COC(C)=O)[C@@H](OC(C)=O)[C@H](OC(C)=O)[C@H]5O4)cc3)ccc21. The Bertz CT molecular complexity index is 3370. The van der Waals surface area contributed by atoms with Crippen LogP contribution in [0.4, 0.5) is 11.4 Å². The minimum absolute atomic E-state index is 0.0528. The summed E-state index contributed by atoms with van der Waals surface area (Å²) in [7, 11) is 4.36. The minimum Gasteiger partial charge on any atom is -0.491 e. The zero-order valence-corrected chi connectivity index (χ0v) is 47.8. The summed E-state index contributed by atoms with van der Waals surface area (Å²) in [6.45, 7) is 16.7. The number of piperazine rings is 2. The lowest BCUT2D eigenvalue weighted by Crippen LogP contribution is -2.60. The van der Waals surface area contributed by atoms with Gasteiger partial charge in [0.15, 0.2) is 24.6 Å². The predicted molar refractivity (Wildman–Crippen MR) is 311 cm³/mol. The monoisotopic (exact) mass is 1120 g/mol. The number of benzene rings is 5. The molecular formula is C63H73N7O12. The Morgan fingerprint density at radius 2 is 1.21 bits per heavy atom. The maximum atomic E-state index is 12.2. The number of aryl methyl sites for hydroxylation is 1. The van der Waals surface area contributed by atoms with E-state index >= 15 is 0 Å². The lowest BCUT2D eigenvalue weighted by Gasteiger charge is -2.40. The van der Waals surface area contributed by atoms with Crippen LogP contribution in [0, 0.1) is 0 Å². The van der Waals surface area contributed by atoms with Crippen molar-refractivity contribution in [3.63, 3.8) is 0 Å². The fourth-order valence-electron chi connectivity index (χ4n) is 11.6. The first-order valence-corrected chi connectivity index (χ1v) is 28.4. The molecule has 19 nitrogen and oxygen atoms in total. The predicted octanol–water partition coefficient (Wildman–Crippen LogP) is 8.16. The fraction of sp³-hybridized carbons (Fsp3) is 0.429. The molecule has 0 spiro atoms. The smallest absolute Gasteiger partial charge is 0.303 e. The molecule has 0 bridgehead atoms. The zero-order valence-electron chi connectivity index (χ0n) is 47.8. The van der Waals surface area contributed by atoms with E-state index in [1.54, 1.807) is 6.92 Å². The van der Waals surface area contributed by atoms with Gasteiger partial charge in [-0.2, -0.15) is 0 Å². The molecule has 82 heavy (non-hydrogen) atoms. The molecule has 19 heteroatoms. The number of imidazole rings is 1. The number of hydrogen-bond acceptors (Lipinski definition) is 17. The third kappa shape index (κ3) is 12.2. The number of anilines is 2. The third-order valence-electron chi connectivity index (χ3n) is 15.8. The first-order valence-electron chi connectivity index (χ1n) is 28.4. The molecule has 2 aromatic heterocycles. The minimum atomic E-state index is -1.65. The summed E-state index contributed by atoms with van der Waals surface area (Å²) in [5.74, 6) is -2.03. The van der Waals surface area contributed by atoms with Crippen LogP contribution in [0.2, 0.25) is 0 Å². The van der Waals surface area contributed by atoms with Gasteiger partial charge in [-0.1, -0.05) is 42.5 Å². The number of carbonyl (C=O) groups is 3. The summed E-state index contributed by atoms with van der Waals surface area (Å²) in [5, 5.41) is 2.38. The van der Waals surface area contributed by atoms with Gasteiger partial charge in [0.2, 0.25) is 0 Å². The molecule has 0 aliphatic carbocycles. The molecule has 4 aliphatic rings. The number of hydrogen-bond donors (Lipinski definition) is 0. The van der Waals surface area contributed by atoms with Gasteiger partial charge < -0.3 is 62.1 Å². The van der Waals surface area contributed by atoms with E-state index in [1.165, 1.54) is 54.0 Å². The number of likely N-dealkylation sites (N-methyl/N-ethyl adjacent to an activating group) is 2. The highest BCUT2D eigenvalue weighted by Gasteiger charge is 2.59. The normalized spacial score (nSPS) is 22.4. The molecule has 0 saturated carbocycles. The lowest BCUT2D eigenvalue weighted by molar-refractivity contribution is -0.346. The van der Waals surface area contributed by atoms with Crippen LogP contribution in [0.15, 0.2) is 115 Å². The highest BCUT2D eigenvalue weighted by atomic mass is 16.9. The number of carbonyl (C=O) groups excluding carboxylic acids is 3. The molecule has 0 N–H and O–H groups in total. The van der Waals surface area contributed by atoms with E-state index in [0.717, 1.165) is 98.5 Å². The third-order valence-corrected chi connectivity index (χ3v) is 15.8. The summed E-state index contributed by atoms with van der Waals surface area (Å²) in [5.41, 5.74) is 10.7. The summed E-state index contributed by atoms with van der Waals surface area (Å²) in [6, 6.07) is 41.4. The molecule has 6 atom stereocenters. The Morgan fingerprint density at radius 3 is 1.84 bits per heavy atom. The molecule has 4 fully saturated rings. The van der Waals surface area contributed by atoms with Crippen molar-refractivity contribution < 1.29 is 57.0 Å². The van der Waals surface area contributed by atoms with Crippen LogP contribution in [0.5, 0.6) is 5.75 Å². The molecule has 4 aliphatic heterocycles. The van der Waals surface area contributed by atoms with Crippen molar-refractivity contribution >= 4 is 51.1 Å². The van der Waals surface area contributed by atoms with E-state index < -0.39 is 54.6 Å². The summed E-state index contributed by atoms with van der Waals surface area (Å²) in [6.07, 6.45) is -5.46. The number of para-hydroxylation sites is 1. The molecule has 7 aromatic rings. The average Bonchev–Trinajstić information content (AvgIpc) is 4.15. The first kappa shape index (κ1) is 56.5. The van der Waals surface area contributed by atoms with E-state index in [-0.39, 0.29) is 33.0 Å². The van der Waals surface area contributed by atoms with Crippen LogP contribution >= 0.6 is 0 Å². The van der Waals surface area contributed by atoms with Gasteiger partial charge in [-0.3, -0.25) is 23.7 Å². The molecule has 5 aromatic carbocycles. The summed E-state index contributed by atoms with van der Waals surface area (Å²) < 4.78 is 57.3. The number of fused-ring (bicyclic) bond motifs is 4. The Balaban J connectivity index is 0.835. The van der Waals surface area contributed by atoms with Crippen molar-refractivity contribution in [1.29, 1.82) is 0 Å². The van der Waals surface area contributed by atoms with E-state index in [0.29, 0.717) is 5.75 Å². The van der Waals surface area contributed by atoms with Crippen molar-refractivity contribution in [3.8, 4) is 45.3 Å². The molecule has 0 radical (unpaired) electrons. The van der Waals surface area contributed by atoms with Crippen LogP contribution in [0.1, 0.15) is 34.6 Å². The number of nitrogens with zero attached hydrogens (tertiary/aromatic N) is 7. The van der Waals surface area contributed by atoms with Gasteiger partial charge in [0.1, 0.15) is 30.9 Å². The first-order chi connectivity index (χ1) is 39.7. The van der Waals surface area contributed by atoms with Gasteiger partial charge in [0.05, 0.1) is 31.2 Å². The largest absolute Gasteiger partial charge is 0.491 e. The molecule has 11 rings (SSSR count). The standard InChI is InChI=1S/C63H73N7O12/c1-8-69-53-12-10-9-11-51(53)52-39-46(17-26-54(52)69)61-64-56(44-13-18-47(19-14-44)67-31-27-65(6)28-32-67)57(45-15-20-48(21-16-45)68-33-29-66(7)30-34-68)70(61)49-22-24-50(25-23-49)75-37-35-74-36-38-77-63(5)81-60-59(79-43(4)73)58(78-42(3)72)55(40-76-41(2)71)80-62(60)82-63/h9-26,39,55,58-60,62H,8,27-38,40H2,1-7H3/t55-,58-,59+,60-,62-,63?/m1/s1. The number of rotatable bonds is 19. The van der Waals surface area contributed by atoms with Crippen molar-refractivity contribution in [3.05, 3.63) is 115 Å². The Hall–Kier alpha value is -7.36.